The summed E-state index contributed by atoms with van der Waals surface area (Å²) >= 11 is 1.51. The van der Waals surface area contributed by atoms with Crippen molar-refractivity contribution in [3.63, 3.8) is 0 Å². The molecule has 2 N–H and O–H groups in total. The number of carbonyl (C=O) groups is 1. The summed E-state index contributed by atoms with van der Waals surface area (Å²) in [6.07, 6.45) is 0.555. The van der Waals surface area contributed by atoms with E-state index in [0.29, 0.717) is 71.8 Å². The molecular weight excluding hydrogens is 506 g/mol. The van der Waals surface area contributed by atoms with Gasteiger partial charge in [0.15, 0.2) is 11.5 Å². The third-order valence-electron chi connectivity index (χ3n) is 5.66. The van der Waals surface area contributed by atoms with Crippen molar-refractivity contribution in [3.8, 4) is 33.8 Å². The van der Waals surface area contributed by atoms with Crippen molar-refractivity contribution < 1.29 is 19.0 Å². The second-order valence-electron chi connectivity index (χ2n) is 8.17. The third kappa shape index (κ3) is 5.57. The number of thiophene rings is 1. The maximum atomic E-state index is 13.5. The van der Waals surface area contributed by atoms with Crippen LogP contribution in [-0.4, -0.2) is 45.5 Å². The van der Waals surface area contributed by atoms with E-state index >= 15 is 0 Å². The normalized spacial score (nSPS) is 10.9. The fourth-order valence-electron chi connectivity index (χ4n) is 4.00. The minimum atomic E-state index is -0.418. The van der Waals surface area contributed by atoms with Crippen LogP contribution in [0.15, 0.2) is 40.5 Å². The van der Waals surface area contributed by atoms with Gasteiger partial charge in [-0.2, -0.15) is 9.78 Å². The number of ether oxygens (including phenoxy) is 3. The van der Waals surface area contributed by atoms with Crippen LogP contribution in [0.4, 0.5) is 5.82 Å². The zero-order valence-electron chi connectivity index (χ0n) is 22.1. The predicted molar refractivity (Wildman–Crippen MR) is 147 cm³/mol. The Morgan fingerprint density at radius 1 is 1.05 bits per heavy atom. The van der Waals surface area contributed by atoms with Crippen LogP contribution in [-0.2, 0) is 6.42 Å². The lowest BCUT2D eigenvalue weighted by Crippen LogP contribution is -2.22. The smallest absolute Gasteiger partial charge is 0.257 e. The van der Waals surface area contributed by atoms with E-state index in [-0.39, 0.29) is 11.5 Å². The van der Waals surface area contributed by atoms with Crippen molar-refractivity contribution >= 4 is 23.1 Å². The van der Waals surface area contributed by atoms with Gasteiger partial charge in [-0.25, -0.2) is 4.98 Å². The van der Waals surface area contributed by atoms with E-state index in [1.165, 1.54) is 16.0 Å². The van der Waals surface area contributed by atoms with E-state index in [1.54, 1.807) is 25.1 Å². The van der Waals surface area contributed by atoms with Crippen molar-refractivity contribution in [2.75, 3.05) is 25.1 Å². The van der Waals surface area contributed by atoms with E-state index in [2.05, 4.69) is 20.4 Å². The Labute approximate surface area is 224 Å². The van der Waals surface area contributed by atoms with Gasteiger partial charge < -0.3 is 19.5 Å². The van der Waals surface area contributed by atoms with Crippen molar-refractivity contribution in [2.24, 2.45) is 0 Å². The molecule has 1 amide bonds. The average molecular weight is 538 g/mol. The molecule has 0 saturated heterocycles. The predicted octanol–water partition coefficient (Wildman–Crippen LogP) is 5.00. The number of carbonyl (C=O) groups excluding carboxylic acids is 1. The summed E-state index contributed by atoms with van der Waals surface area (Å²) in [4.78, 5) is 34.5. The summed E-state index contributed by atoms with van der Waals surface area (Å²) in [7, 11) is 0. The number of hydrogen-bond acceptors (Lipinski definition) is 8. The third-order valence-corrected chi connectivity index (χ3v) is 6.55. The SMILES string of the molecule is CCOc1cc(C(=O)Nc2cc(-c3cccs3)nn2-c2nc(C)c(CC)c(=O)[nH]2)cc(OCC)c1OCC. The molecule has 0 fully saturated rings. The van der Waals surface area contributed by atoms with Crippen molar-refractivity contribution in [1.29, 1.82) is 0 Å². The fourth-order valence-corrected chi connectivity index (χ4v) is 4.68. The number of H-pyrrole nitrogens is 1. The van der Waals surface area contributed by atoms with Gasteiger partial charge >= 0.3 is 0 Å². The monoisotopic (exact) mass is 537 g/mol. The van der Waals surface area contributed by atoms with Gasteiger partial charge in [0.05, 0.1) is 24.7 Å². The van der Waals surface area contributed by atoms with Gasteiger partial charge in [-0.05, 0) is 57.7 Å². The molecule has 0 unspecified atom stereocenters. The fraction of sp³-hybridized carbons (Fsp3) is 0.333. The Balaban J connectivity index is 1.78. The molecule has 0 bridgehead atoms. The topological polar surface area (TPSA) is 120 Å². The summed E-state index contributed by atoms with van der Waals surface area (Å²) in [5, 5.41) is 9.51. The van der Waals surface area contributed by atoms with Gasteiger partial charge in [-0.3, -0.25) is 14.6 Å². The number of nitrogens with zero attached hydrogens (tertiary/aromatic N) is 3. The minimum absolute atomic E-state index is 0.208. The number of rotatable bonds is 11. The first-order valence-corrected chi connectivity index (χ1v) is 13.4. The second-order valence-corrected chi connectivity index (χ2v) is 9.11. The molecular formula is C27H31N5O5S. The maximum Gasteiger partial charge on any atom is 0.257 e. The molecule has 0 radical (unpaired) electrons. The van der Waals surface area contributed by atoms with Crippen LogP contribution in [0.25, 0.3) is 16.5 Å². The quantitative estimate of drug-likeness (QED) is 0.276. The molecule has 0 atom stereocenters. The first-order valence-electron chi connectivity index (χ1n) is 12.5. The van der Waals surface area contributed by atoms with E-state index in [9.17, 15) is 9.59 Å². The number of anilines is 1. The molecule has 200 valence electrons. The number of aromatic amines is 1. The van der Waals surface area contributed by atoms with E-state index in [4.69, 9.17) is 14.2 Å². The minimum Gasteiger partial charge on any atom is -0.490 e. The number of hydrogen-bond donors (Lipinski definition) is 2. The number of benzene rings is 1. The summed E-state index contributed by atoms with van der Waals surface area (Å²) in [6.45, 7) is 10.4. The zero-order valence-corrected chi connectivity index (χ0v) is 22.9. The van der Waals surface area contributed by atoms with Crippen LogP contribution in [0.3, 0.4) is 0 Å². The average Bonchev–Trinajstić information content (AvgIpc) is 3.56. The Kier molecular flexibility index (Phi) is 8.47. The highest BCUT2D eigenvalue weighted by molar-refractivity contribution is 7.13. The molecule has 1 aromatic carbocycles. The van der Waals surface area contributed by atoms with Crippen molar-refractivity contribution in [3.05, 3.63) is 62.9 Å². The largest absolute Gasteiger partial charge is 0.490 e. The van der Waals surface area contributed by atoms with Gasteiger partial charge in [0, 0.05) is 22.9 Å². The lowest BCUT2D eigenvalue weighted by Gasteiger charge is -2.17. The number of aryl methyl sites for hydroxylation is 1. The molecule has 0 aliphatic carbocycles. The summed E-state index contributed by atoms with van der Waals surface area (Å²) < 4.78 is 18.7. The molecule has 3 heterocycles. The molecule has 3 aromatic heterocycles. The van der Waals surface area contributed by atoms with Gasteiger partial charge in [-0.15, -0.1) is 11.3 Å². The van der Waals surface area contributed by atoms with Crippen LogP contribution in [0.2, 0.25) is 0 Å². The maximum absolute atomic E-state index is 13.5. The highest BCUT2D eigenvalue weighted by atomic mass is 32.1. The van der Waals surface area contributed by atoms with E-state index in [0.717, 1.165) is 4.88 Å². The molecule has 38 heavy (non-hydrogen) atoms. The molecule has 4 aromatic rings. The molecule has 10 nitrogen and oxygen atoms in total. The van der Waals surface area contributed by atoms with Gasteiger partial charge in [0.1, 0.15) is 11.5 Å². The van der Waals surface area contributed by atoms with Crippen LogP contribution in [0.5, 0.6) is 17.2 Å². The number of aromatic nitrogens is 4. The van der Waals surface area contributed by atoms with Gasteiger partial charge in [-0.1, -0.05) is 13.0 Å². The number of nitrogens with one attached hydrogen (secondary N) is 2. The van der Waals surface area contributed by atoms with Gasteiger partial charge in [0.2, 0.25) is 11.7 Å². The zero-order chi connectivity index (χ0) is 27.2. The Morgan fingerprint density at radius 2 is 1.74 bits per heavy atom. The molecule has 0 aliphatic heterocycles. The van der Waals surface area contributed by atoms with E-state index < -0.39 is 5.91 Å². The summed E-state index contributed by atoms with van der Waals surface area (Å²) in [6, 6.07) is 8.83. The number of amides is 1. The van der Waals surface area contributed by atoms with E-state index in [1.807, 2.05) is 45.2 Å². The van der Waals surface area contributed by atoms with Crippen LogP contribution < -0.4 is 25.1 Å². The first kappa shape index (κ1) is 26.9. The highest BCUT2D eigenvalue weighted by Crippen LogP contribution is 2.39. The van der Waals surface area contributed by atoms with Gasteiger partial charge in [0.25, 0.3) is 11.5 Å². The van der Waals surface area contributed by atoms with Crippen LogP contribution in [0.1, 0.15) is 49.3 Å². The molecule has 4 rings (SSSR count). The highest BCUT2D eigenvalue weighted by Gasteiger charge is 2.21. The lowest BCUT2D eigenvalue weighted by atomic mass is 10.1. The van der Waals surface area contributed by atoms with Crippen molar-refractivity contribution in [1.82, 2.24) is 19.7 Å². The Hall–Kier alpha value is -4.12. The summed E-state index contributed by atoms with van der Waals surface area (Å²) in [5.74, 6) is 1.41. The standard InChI is InChI=1S/C27H31N5O5S/c1-6-18-16(5)28-27(30-26(18)34)32-23(15-19(31-32)22-11-10-12-38-22)29-25(33)17-13-20(35-7-2)24(37-9-4)21(14-17)36-8-3/h10-15H,6-9H2,1-5H3,(H,29,33)(H,28,30,34). The Morgan fingerprint density at radius 3 is 2.29 bits per heavy atom. The van der Waals surface area contributed by atoms with Crippen LogP contribution >= 0.6 is 11.3 Å². The molecule has 0 saturated carbocycles. The summed E-state index contributed by atoms with van der Waals surface area (Å²) in [5.41, 5.74) is 1.91. The first-order chi connectivity index (χ1) is 18.4. The van der Waals surface area contributed by atoms with Crippen LogP contribution in [0, 0.1) is 6.92 Å². The lowest BCUT2D eigenvalue weighted by molar-refractivity contribution is 0.102. The molecule has 0 aliphatic rings. The molecule has 11 heteroatoms. The Bertz CT molecular complexity index is 1450. The second kappa shape index (κ2) is 12.0. The van der Waals surface area contributed by atoms with Crippen molar-refractivity contribution in [2.45, 2.75) is 41.0 Å². The molecule has 0 spiro atoms.